The first-order valence-corrected chi connectivity index (χ1v) is 9.13. The fraction of sp³-hybridized carbons (Fsp3) is 0.174. The highest BCUT2D eigenvalue weighted by Gasteiger charge is 2.19. The molecule has 2 heterocycles. The van der Waals surface area contributed by atoms with Crippen LogP contribution in [0.5, 0.6) is 0 Å². The molecule has 2 N–H and O–H groups in total. The lowest BCUT2D eigenvalue weighted by molar-refractivity contribution is 0.459. The van der Waals surface area contributed by atoms with Crippen molar-refractivity contribution in [2.24, 2.45) is 5.73 Å². The summed E-state index contributed by atoms with van der Waals surface area (Å²) in [7, 11) is 0. The number of rotatable bonds is 4. The molecule has 4 rings (SSSR count). The van der Waals surface area contributed by atoms with Gasteiger partial charge in [-0.15, -0.1) is 12.4 Å². The molecule has 0 aliphatic rings. The van der Waals surface area contributed by atoms with Gasteiger partial charge >= 0.3 is 0 Å². The van der Waals surface area contributed by atoms with Crippen molar-refractivity contribution in [2.75, 3.05) is 0 Å². The van der Waals surface area contributed by atoms with E-state index in [0.717, 1.165) is 44.5 Å². The van der Waals surface area contributed by atoms with E-state index in [0.29, 0.717) is 12.1 Å². The Morgan fingerprint density at radius 3 is 2.69 bits per heavy atom. The molecule has 5 nitrogen and oxygen atoms in total. The van der Waals surface area contributed by atoms with Gasteiger partial charge in [-0.1, -0.05) is 41.6 Å². The summed E-state index contributed by atoms with van der Waals surface area (Å²) in [6.07, 6.45) is 2.22. The van der Waals surface area contributed by atoms with Crippen molar-refractivity contribution in [3.05, 3.63) is 82.7 Å². The number of aromatic nitrogens is 2. The van der Waals surface area contributed by atoms with Crippen LogP contribution in [0, 0.1) is 25.2 Å². The van der Waals surface area contributed by atoms with E-state index in [2.05, 4.69) is 16.2 Å². The molecule has 146 valence electrons. The van der Waals surface area contributed by atoms with Crippen LogP contribution in [0.25, 0.3) is 22.2 Å². The molecule has 0 radical (unpaired) electrons. The molecule has 1 unspecified atom stereocenters. The van der Waals surface area contributed by atoms with Crippen LogP contribution >= 0.6 is 12.4 Å². The third-order valence-electron chi connectivity index (χ3n) is 4.89. The normalized spacial score (nSPS) is 11.7. The molecule has 2 aromatic heterocycles. The summed E-state index contributed by atoms with van der Waals surface area (Å²) in [5, 5.41) is 14.6. The van der Waals surface area contributed by atoms with E-state index in [4.69, 9.17) is 10.3 Å². The zero-order valence-corrected chi connectivity index (χ0v) is 17.0. The molecule has 0 amide bonds. The molecule has 2 aromatic carbocycles. The second kappa shape index (κ2) is 8.44. The molecule has 0 saturated heterocycles. The monoisotopic (exact) mass is 404 g/mol. The maximum Gasteiger partial charge on any atom is 0.167 e. The SMILES string of the molecule is Cc1cnc(C#N)c(CC(N)c2ccccc2-c2noc3cc(C)ccc23)c1.Cl. The van der Waals surface area contributed by atoms with Crippen molar-refractivity contribution in [1.82, 2.24) is 10.1 Å². The largest absolute Gasteiger partial charge is 0.356 e. The van der Waals surface area contributed by atoms with Crippen LogP contribution in [0.3, 0.4) is 0 Å². The molecule has 0 aliphatic heterocycles. The first-order valence-electron chi connectivity index (χ1n) is 9.13. The highest BCUT2D eigenvalue weighted by Crippen LogP contribution is 2.33. The average molecular weight is 405 g/mol. The Bertz CT molecular complexity index is 1210. The molecule has 29 heavy (non-hydrogen) atoms. The van der Waals surface area contributed by atoms with Crippen molar-refractivity contribution < 1.29 is 4.52 Å². The Morgan fingerprint density at radius 1 is 1.10 bits per heavy atom. The molecule has 1 atom stereocenters. The van der Waals surface area contributed by atoms with Gasteiger partial charge < -0.3 is 10.3 Å². The Hall–Kier alpha value is -3.20. The zero-order valence-electron chi connectivity index (χ0n) is 16.2. The Labute approximate surface area is 175 Å². The van der Waals surface area contributed by atoms with Crippen LogP contribution in [0.2, 0.25) is 0 Å². The van der Waals surface area contributed by atoms with Gasteiger partial charge in [-0.3, -0.25) is 0 Å². The Balaban J connectivity index is 0.00000240. The standard InChI is InChI=1S/C23H20N4O.ClH/c1-14-7-8-19-22(10-14)28-27-23(19)18-6-4-3-5-17(18)20(25)11-16-9-15(2)13-26-21(16)12-24;/h3-10,13,20H,11,25H2,1-2H3;1H. The zero-order chi connectivity index (χ0) is 19.7. The van der Waals surface area contributed by atoms with Crippen LogP contribution in [-0.2, 0) is 6.42 Å². The minimum atomic E-state index is -0.302. The van der Waals surface area contributed by atoms with Crippen molar-refractivity contribution in [3.8, 4) is 17.3 Å². The Kier molecular flexibility index (Phi) is 5.97. The second-order valence-corrected chi connectivity index (χ2v) is 7.06. The molecule has 0 bridgehead atoms. The van der Waals surface area contributed by atoms with E-state index >= 15 is 0 Å². The molecule has 0 spiro atoms. The third kappa shape index (κ3) is 4.00. The fourth-order valence-electron chi connectivity index (χ4n) is 3.51. The predicted octanol–water partition coefficient (Wildman–Crippen LogP) is 5.04. The van der Waals surface area contributed by atoms with Crippen molar-refractivity contribution in [1.29, 1.82) is 5.26 Å². The quantitative estimate of drug-likeness (QED) is 0.514. The molecular weight excluding hydrogens is 384 g/mol. The van der Waals surface area contributed by atoms with Crippen molar-refractivity contribution in [3.63, 3.8) is 0 Å². The van der Waals surface area contributed by atoms with Gasteiger partial charge in [-0.25, -0.2) is 4.98 Å². The number of hydrogen-bond acceptors (Lipinski definition) is 5. The van der Waals surface area contributed by atoms with Crippen molar-refractivity contribution >= 4 is 23.4 Å². The van der Waals surface area contributed by atoms with Gasteiger partial charge in [0.25, 0.3) is 0 Å². The van der Waals surface area contributed by atoms with Crippen LogP contribution in [0.15, 0.2) is 59.3 Å². The number of fused-ring (bicyclic) bond motifs is 1. The van der Waals surface area contributed by atoms with Gasteiger partial charge in [-0.2, -0.15) is 5.26 Å². The molecule has 6 heteroatoms. The lowest BCUT2D eigenvalue weighted by atomic mass is 9.92. The first-order chi connectivity index (χ1) is 13.6. The summed E-state index contributed by atoms with van der Waals surface area (Å²) in [4.78, 5) is 4.22. The topological polar surface area (TPSA) is 88.7 Å². The average Bonchev–Trinajstić information content (AvgIpc) is 3.11. The van der Waals surface area contributed by atoms with Gasteiger partial charge in [0.05, 0.1) is 0 Å². The number of halogens is 1. The van der Waals surface area contributed by atoms with Gasteiger partial charge in [0.2, 0.25) is 0 Å². The first kappa shape index (κ1) is 20.5. The van der Waals surface area contributed by atoms with E-state index in [1.54, 1.807) is 6.20 Å². The minimum absolute atomic E-state index is 0. The molecule has 4 aromatic rings. The maximum atomic E-state index is 9.36. The van der Waals surface area contributed by atoms with Crippen LogP contribution < -0.4 is 5.73 Å². The van der Waals surface area contributed by atoms with Crippen LogP contribution in [-0.4, -0.2) is 10.1 Å². The number of nitrogens with zero attached hydrogens (tertiary/aromatic N) is 3. The highest BCUT2D eigenvalue weighted by molar-refractivity contribution is 5.92. The molecule has 0 saturated carbocycles. The third-order valence-corrected chi connectivity index (χ3v) is 4.89. The van der Waals surface area contributed by atoms with E-state index in [1.807, 2.05) is 62.4 Å². The fourth-order valence-corrected chi connectivity index (χ4v) is 3.51. The Morgan fingerprint density at radius 2 is 1.90 bits per heavy atom. The van der Waals surface area contributed by atoms with E-state index < -0.39 is 0 Å². The lowest BCUT2D eigenvalue weighted by Gasteiger charge is -2.16. The summed E-state index contributed by atoms with van der Waals surface area (Å²) in [6.45, 7) is 3.98. The highest BCUT2D eigenvalue weighted by atomic mass is 35.5. The number of hydrogen-bond donors (Lipinski definition) is 1. The summed E-state index contributed by atoms with van der Waals surface area (Å²) >= 11 is 0. The second-order valence-electron chi connectivity index (χ2n) is 7.06. The maximum absolute atomic E-state index is 9.36. The molecular formula is C23H21ClN4O. The van der Waals surface area contributed by atoms with Crippen LogP contribution in [0.1, 0.15) is 34.0 Å². The van der Waals surface area contributed by atoms with Crippen molar-refractivity contribution in [2.45, 2.75) is 26.3 Å². The van der Waals surface area contributed by atoms with E-state index in [-0.39, 0.29) is 18.4 Å². The molecule has 0 aliphatic carbocycles. The number of nitrogens with two attached hydrogens (primary N) is 1. The summed E-state index contributed by atoms with van der Waals surface area (Å²) in [5.74, 6) is 0. The minimum Gasteiger partial charge on any atom is -0.356 e. The smallest absolute Gasteiger partial charge is 0.167 e. The lowest BCUT2D eigenvalue weighted by Crippen LogP contribution is -2.15. The number of pyridine rings is 1. The van der Waals surface area contributed by atoms with Gasteiger partial charge in [0.15, 0.2) is 5.58 Å². The van der Waals surface area contributed by atoms with E-state index in [1.165, 1.54) is 0 Å². The van der Waals surface area contributed by atoms with Gasteiger partial charge in [0.1, 0.15) is 17.5 Å². The number of benzene rings is 2. The van der Waals surface area contributed by atoms with E-state index in [9.17, 15) is 5.26 Å². The summed E-state index contributed by atoms with van der Waals surface area (Å²) in [5.41, 5.74) is 13.4. The number of aryl methyl sites for hydroxylation is 2. The van der Waals surface area contributed by atoms with Gasteiger partial charge in [-0.05, 0) is 54.7 Å². The molecule has 0 fully saturated rings. The number of nitriles is 1. The summed E-state index contributed by atoms with van der Waals surface area (Å²) in [6, 6.07) is 17.8. The summed E-state index contributed by atoms with van der Waals surface area (Å²) < 4.78 is 5.55. The van der Waals surface area contributed by atoms with Gasteiger partial charge in [0, 0.05) is 23.2 Å². The van der Waals surface area contributed by atoms with Crippen LogP contribution in [0.4, 0.5) is 0 Å². The predicted molar refractivity (Wildman–Crippen MR) is 116 cm³/mol.